The minimum Gasteiger partial charge on any atom is -0.494 e. The van der Waals surface area contributed by atoms with Crippen LogP contribution in [0.5, 0.6) is 17.2 Å². The smallest absolute Gasteiger partial charge is 0.291 e. The number of unbranched alkanes of at least 4 members (excludes halogenated alkanes) is 3. The van der Waals surface area contributed by atoms with Crippen molar-refractivity contribution >= 4 is 22.4 Å². The van der Waals surface area contributed by atoms with Crippen LogP contribution in [0, 0.1) is 0 Å². The van der Waals surface area contributed by atoms with Crippen LogP contribution < -0.4 is 24.3 Å². The number of rotatable bonds is 12. The van der Waals surface area contributed by atoms with Gasteiger partial charge >= 0.3 is 0 Å². The van der Waals surface area contributed by atoms with Crippen molar-refractivity contribution in [1.82, 2.24) is 14.6 Å². The van der Waals surface area contributed by atoms with Gasteiger partial charge in [0.15, 0.2) is 17.3 Å². The molecule has 2 aromatic carbocycles. The molecule has 0 atom stereocenters. The van der Waals surface area contributed by atoms with Gasteiger partial charge in [-0.3, -0.25) is 4.79 Å². The van der Waals surface area contributed by atoms with Gasteiger partial charge in [0.1, 0.15) is 5.75 Å². The number of hydrogen-bond donors (Lipinski definition) is 0. The second kappa shape index (κ2) is 11.8. The van der Waals surface area contributed by atoms with Crippen molar-refractivity contribution in [2.45, 2.75) is 46.5 Å². The van der Waals surface area contributed by atoms with Gasteiger partial charge < -0.3 is 14.2 Å². The Balaban J connectivity index is 1.52. The summed E-state index contributed by atoms with van der Waals surface area (Å²) in [5, 5.41) is 4.45. The first-order valence-corrected chi connectivity index (χ1v) is 13.0. The second-order valence-corrected chi connectivity index (χ2v) is 9.06. The lowest BCUT2D eigenvalue weighted by Crippen LogP contribution is -2.23. The van der Waals surface area contributed by atoms with Crippen molar-refractivity contribution in [3.8, 4) is 28.6 Å². The van der Waals surface area contributed by atoms with Crippen molar-refractivity contribution in [2.75, 3.05) is 19.8 Å². The Hall–Kier alpha value is -3.39. The molecular formula is C27H31N3O4S. The number of ether oxygens (including phenoxy) is 3. The van der Waals surface area contributed by atoms with Crippen molar-refractivity contribution in [3.05, 3.63) is 62.9 Å². The lowest BCUT2D eigenvalue weighted by molar-refractivity contribution is 0.287. The highest BCUT2D eigenvalue weighted by molar-refractivity contribution is 7.15. The number of nitrogens with zero attached hydrogens (tertiary/aromatic N) is 3. The number of fused-ring (bicyclic) bond motifs is 1. The molecule has 7 nitrogen and oxygen atoms in total. The Morgan fingerprint density at radius 2 is 1.69 bits per heavy atom. The third-order valence-electron chi connectivity index (χ3n) is 5.43. The van der Waals surface area contributed by atoms with Gasteiger partial charge in [0, 0.05) is 5.56 Å². The van der Waals surface area contributed by atoms with E-state index in [9.17, 15) is 4.79 Å². The van der Waals surface area contributed by atoms with Gasteiger partial charge in [-0.05, 0) is 68.3 Å². The molecule has 8 heteroatoms. The summed E-state index contributed by atoms with van der Waals surface area (Å²) in [5.41, 5.74) is 1.50. The standard InChI is InChI=1S/C27H31N3O4S/c1-4-7-8-9-16-34-21-13-11-20(12-14-21)25-28-27-30(29-25)26(31)24(35-27)18-19-10-15-22(32-5-2)23(17-19)33-6-3/h10-15,17-18H,4-9,16H2,1-3H3/b24-18+. The van der Waals surface area contributed by atoms with Crippen molar-refractivity contribution in [1.29, 1.82) is 0 Å². The van der Waals surface area contributed by atoms with Crippen LogP contribution in [0.4, 0.5) is 0 Å². The van der Waals surface area contributed by atoms with Crippen molar-refractivity contribution in [2.24, 2.45) is 0 Å². The van der Waals surface area contributed by atoms with Gasteiger partial charge in [-0.1, -0.05) is 43.6 Å². The van der Waals surface area contributed by atoms with Gasteiger partial charge in [0.25, 0.3) is 5.56 Å². The Morgan fingerprint density at radius 3 is 2.40 bits per heavy atom. The minimum absolute atomic E-state index is 0.192. The first kappa shape index (κ1) is 24.7. The molecule has 0 amide bonds. The largest absolute Gasteiger partial charge is 0.494 e. The zero-order valence-corrected chi connectivity index (χ0v) is 21.3. The van der Waals surface area contributed by atoms with Crippen LogP contribution in [0.3, 0.4) is 0 Å². The predicted octanol–water partition coefficient (Wildman–Crippen LogP) is 5.12. The fourth-order valence-corrected chi connectivity index (χ4v) is 4.59. The van der Waals surface area contributed by atoms with Crippen LogP contribution in [-0.2, 0) is 0 Å². The molecule has 0 saturated heterocycles. The quantitative estimate of drug-likeness (QED) is 0.255. The Kier molecular flexibility index (Phi) is 8.36. The van der Waals surface area contributed by atoms with E-state index in [1.807, 2.05) is 62.4 Å². The molecule has 2 heterocycles. The van der Waals surface area contributed by atoms with Crippen LogP contribution in [0.2, 0.25) is 0 Å². The van der Waals surface area contributed by atoms with Crippen LogP contribution in [-0.4, -0.2) is 34.4 Å². The average molecular weight is 494 g/mol. The van der Waals surface area contributed by atoms with E-state index in [0.29, 0.717) is 40.0 Å². The number of aromatic nitrogens is 3. The van der Waals surface area contributed by atoms with Gasteiger partial charge in [-0.15, -0.1) is 5.10 Å². The van der Waals surface area contributed by atoms with E-state index in [1.54, 1.807) is 0 Å². The Labute approximate surface area is 209 Å². The fraction of sp³-hybridized carbons (Fsp3) is 0.370. The normalized spacial score (nSPS) is 11.8. The summed E-state index contributed by atoms with van der Waals surface area (Å²) in [6.07, 6.45) is 6.52. The first-order chi connectivity index (χ1) is 17.1. The van der Waals surface area contributed by atoms with Gasteiger partial charge in [0.2, 0.25) is 4.96 Å². The number of hydrogen-bond acceptors (Lipinski definition) is 7. The molecule has 0 aliphatic rings. The molecule has 0 radical (unpaired) electrons. The average Bonchev–Trinajstić information content (AvgIpc) is 3.40. The van der Waals surface area contributed by atoms with Crippen LogP contribution in [0.25, 0.3) is 22.4 Å². The summed E-state index contributed by atoms with van der Waals surface area (Å²) in [5.74, 6) is 2.70. The molecule has 0 aliphatic heterocycles. The third kappa shape index (κ3) is 6.00. The molecule has 0 fully saturated rings. The number of benzene rings is 2. The molecular weight excluding hydrogens is 462 g/mol. The zero-order chi connectivity index (χ0) is 24.6. The Morgan fingerprint density at radius 1 is 0.914 bits per heavy atom. The lowest BCUT2D eigenvalue weighted by atomic mass is 10.2. The Bertz CT molecular complexity index is 1360. The highest BCUT2D eigenvalue weighted by Gasteiger charge is 2.13. The summed E-state index contributed by atoms with van der Waals surface area (Å²) >= 11 is 1.31. The highest BCUT2D eigenvalue weighted by Crippen LogP contribution is 2.29. The second-order valence-electron chi connectivity index (χ2n) is 8.05. The first-order valence-electron chi connectivity index (χ1n) is 12.2. The fourth-order valence-electron chi connectivity index (χ4n) is 3.68. The van der Waals surface area contributed by atoms with Gasteiger partial charge in [-0.2, -0.15) is 9.50 Å². The molecule has 0 spiro atoms. The monoisotopic (exact) mass is 493 g/mol. The van der Waals surface area contributed by atoms with Crippen LogP contribution in [0.1, 0.15) is 52.0 Å². The van der Waals surface area contributed by atoms with E-state index in [4.69, 9.17) is 14.2 Å². The summed E-state index contributed by atoms with van der Waals surface area (Å²) in [4.78, 5) is 18.1. The minimum atomic E-state index is -0.192. The number of thiazole rings is 1. The van der Waals surface area contributed by atoms with Crippen LogP contribution >= 0.6 is 11.3 Å². The molecule has 0 N–H and O–H groups in total. The molecule has 0 aliphatic carbocycles. The summed E-state index contributed by atoms with van der Waals surface area (Å²) in [6.45, 7) is 7.86. The van der Waals surface area contributed by atoms with Crippen molar-refractivity contribution in [3.63, 3.8) is 0 Å². The topological polar surface area (TPSA) is 75.0 Å². The van der Waals surface area contributed by atoms with Gasteiger partial charge in [0.05, 0.1) is 24.4 Å². The maximum Gasteiger partial charge on any atom is 0.291 e. The predicted molar refractivity (Wildman–Crippen MR) is 140 cm³/mol. The van der Waals surface area contributed by atoms with Gasteiger partial charge in [-0.25, -0.2) is 0 Å². The SMILES string of the molecule is CCCCCCOc1ccc(-c2nc3s/c(=C/c4ccc(OCC)c(OCC)c4)c(=O)n3n2)cc1. The van der Waals surface area contributed by atoms with E-state index < -0.39 is 0 Å². The van der Waals surface area contributed by atoms with E-state index in [-0.39, 0.29) is 5.56 Å². The lowest BCUT2D eigenvalue weighted by Gasteiger charge is -2.11. The molecule has 0 bridgehead atoms. The maximum atomic E-state index is 13.0. The van der Waals surface area contributed by atoms with E-state index in [0.717, 1.165) is 29.9 Å². The van der Waals surface area contributed by atoms with Crippen LogP contribution in [0.15, 0.2) is 47.3 Å². The molecule has 0 unspecified atom stereocenters. The molecule has 35 heavy (non-hydrogen) atoms. The van der Waals surface area contributed by atoms with E-state index >= 15 is 0 Å². The summed E-state index contributed by atoms with van der Waals surface area (Å²) in [7, 11) is 0. The third-order valence-corrected chi connectivity index (χ3v) is 6.39. The zero-order valence-electron chi connectivity index (χ0n) is 20.5. The van der Waals surface area contributed by atoms with Crippen molar-refractivity contribution < 1.29 is 14.2 Å². The molecule has 184 valence electrons. The molecule has 4 rings (SSSR count). The molecule has 0 saturated carbocycles. The van der Waals surface area contributed by atoms with E-state index in [1.165, 1.54) is 35.1 Å². The maximum absolute atomic E-state index is 13.0. The summed E-state index contributed by atoms with van der Waals surface area (Å²) < 4.78 is 19.0. The highest BCUT2D eigenvalue weighted by atomic mass is 32.1. The van der Waals surface area contributed by atoms with E-state index in [2.05, 4.69) is 17.0 Å². The summed E-state index contributed by atoms with van der Waals surface area (Å²) in [6, 6.07) is 13.3. The molecule has 4 aromatic rings. The molecule has 2 aromatic heterocycles.